The summed E-state index contributed by atoms with van der Waals surface area (Å²) in [6.07, 6.45) is 4.41. The van der Waals surface area contributed by atoms with Crippen molar-refractivity contribution in [1.29, 1.82) is 0 Å². The Balaban J connectivity index is 0.000000263. The second-order valence-corrected chi connectivity index (χ2v) is 9.68. The van der Waals surface area contributed by atoms with E-state index in [1.165, 1.54) is 30.3 Å². The molecule has 2 aliphatic rings. The summed E-state index contributed by atoms with van der Waals surface area (Å²) >= 11 is 0. The Bertz CT molecular complexity index is 1390. The van der Waals surface area contributed by atoms with Crippen molar-refractivity contribution in [2.24, 2.45) is 11.7 Å². The third kappa shape index (κ3) is 5.17. The molecule has 0 amide bonds. The van der Waals surface area contributed by atoms with Gasteiger partial charge in [-0.05, 0) is 56.1 Å². The van der Waals surface area contributed by atoms with Crippen molar-refractivity contribution >= 4 is 17.9 Å². The van der Waals surface area contributed by atoms with Gasteiger partial charge in [0.25, 0.3) is 0 Å². The van der Waals surface area contributed by atoms with Crippen LogP contribution in [0, 0.1) is 5.92 Å². The molecule has 6 N–H and O–H groups in total. The highest BCUT2D eigenvalue weighted by molar-refractivity contribution is 6.06. The first-order chi connectivity index (χ1) is 19.1. The zero-order valence-electron chi connectivity index (χ0n) is 21.9. The number of aliphatic carboxylic acids is 1. The number of hydrogen-bond donors (Lipinski definition) is 5. The van der Waals surface area contributed by atoms with E-state index in [0.29, 0.717) is 23.2 Å². The van der Waals surface area contributed by atoms with Crippen LogP contribution in [0.25, 0.3) is 0 Å². The van der Waals surface area contributed by atoms with E-state index in [1.54, 1.807) is 24.3 Å². The molecule has 40 heavy (non-hydrogen) atoms. The topological polar surface area (TPSA) is 177 Å². The van der Waals surface area contributed by atoms with Gasteiger partial charge in [-0.25, -0.2) is 9.59 Å². The summed E-state index contributed by atoms with van der Waals surface area (Å²) < 4.78 is 11.7. The molecule has 0 radical (unpaired) electrons. The number of carbonyl (C=O) groups is 3. The van der Waals surface area contributed by atoms with Crippen LogP contribution < -0.4 is 10.5 Å². The first-order valence-corrected chi connectivity index (χ1v) is 13.0. The van der Waals surface area contributed by atoms with Gasteiger partial charge in [-0.1, -0.05) is 31.9 Å². The number of carboxylic acids is 2. The molecule has 2 heterocycles. The fraction of sp³-hybridized carbons (Fsp3) is 0.300. The minimum Gasteiger partial charge on any atom is -0.508 e. The monoisotopic (exact) mass is 549 g/mol. The average Bonchev–Trinajstić information content (AvgIpc) is 3.21. The molecular formula is C30H31NO9. The predicted molar refractivity (Wildman–Crippen MR) is 144 cm³/mol. The van der Waals surface area contributed by atoms with Gasteiger partial charge in [0.2, 0.25) is 0 Å². The number of ether oxygens (including phenoxy) is 2. The molecule has 0 bridgehead atoms. The van der Waals surface area contributed by atoms with Gasteiger partial charge in [0, 0.05) is 28.8 Å². The van der Waals surface area contributed by atoms with Gasteiger partial charge < -0.3 is 35.6 Å². The number of phenolic OH excluding ortho intramolecular Hbond substituents is 2. The summed E-state index contributed by atoms with van der Waals surface area (Å²) in [6.45, 7) is 2.66. The zero-order valence-corrected chi connectivity index (χ0v) is 21.9. The predicted octanol–water partition coefficient (Wildman–Crippen LogP) is 4.98. The number of rotatable bonds is 8. The SMILES string of the molecule is CCCCC(CCCN)C(=O)O.O=C(O)c1cccc2c1C(=O)OC21c2ccc(O)cc2Oc2cc(O)ccc21. The molecule has 10 heteroatoms. The number of fused-ring (bicyclic) bond motifs is 6. The van der Waals surface area contributed by atoms with Gasteiger partial charge in [-0.15, -0.1) is 0 Å². The highest BCUT2D eigenvalue weighted by Crippen LogP contribution is 2.57. The minimum atomic E-state index is -1.46. The fourth-order valence-electron chi connectivity index (χ4n) is 5.13. The van der Waals surface area contributed by atoms with Crippen LogP contribution >= 0.6 is 0 Å². The molecule has 3 aromatic carbocycles. The molecule has 1 spiro atoms. The van der Waals surface area contributed by atoms with Gasteiger partial charge in [-0.3, -0.25) is 4.79 Å². The molecule has 3 aromatic rings. The maximum absolute atomic E-state index is 12.8. The Hall–Kier alpha value is -4.57. The van der Waals surface area contributed by atoms with Crippen molar-refractivity contribution in [3.8, 4) is 23.0 Å². The van der Waals surface area contributed by atoms with Gasteiger partial charge in [0.15, 0.2) is 5.60 Å². The second-order valence-electron chi connectivity index (χ2n) is 9.68. The average molecular weight is 550 g/mol. The summed E-state index contributed by atoms with van der Waals surface area (Å²) in [7, 11) is 0. The number of benzene rings is 3. The molecule has 0 aliphatic carbocycles. The highest BCUT2D eigenvalue weighted by Gasteiger charge is 2.54. The Labute approximate surface area is 230 Å². The van der Waals surface area contributed by atoms with Crippen LogP contribution in [0.5, 0.6) is 23.0 Å². The van der Waals surface area contributed by atoms with E-state index in [-0.39, 0.29) is 40.0 Å². The van der Waals surface area contributed by atoms with Crippen LogP contribution in [0.1, 0.15) is 76.4 Å². The quantitative estimate of drug-likeness (QED) is 0.241. The lowest BCUT2D eigenvalue weighted by atomic mass is 9.77. The van der Waals surface area contributed by atoms with E-state index < -0.39 is 23.5 Å². The van der Waals surface area contributed by atoms with Gasteiger partial charge in [0.05, 0.1) is 17.0 Å². The number of aromatic carboxylic acids is 1. The minimum absolute atomic E-state index is 0.0325. The van der Waals surface area contributed by atoms with Crippen molar-refractivity contribution in [3.63, 3.8) is 0 Å². The largest absolute Gasteiger partial charge is 0.508 e. The van der Waals surface area contributed by atoms with Crippen molar-refractivity contribution < 1.29 is 44.3 Å². The maximum Gasteiger partial charge on any atom is 0.341 e. The summed E-state index contributed by atoms with van der Waals surface area (Å²) in [6, 6.07) is 13.3. The smallest absolute Gasteiger partial charge is 0.341 e. The molecule has 1 atom stereocenters. The summed E-state index contributed by atoms with van der Waals surface area (Å²) in [4.78, 5) is 35.1. The Morgan fingerprint density at radius 3 is 2.02 bits per heavy atom. The van der Waals surface area contributed by atoms with E-state index in [9.17, 15) is 29.7 Å². The Morgan fingerprint density at radius 2 is 1.50 bits per heavy atom. The van der Waals surface area contributed by atoms with E-state index in [1.807, 2.05) is 0 Å². The van der Waals surface area contributed by atoms with Crippen LogP contribution in [0.2, 0.25) is 0 Å². The van der Waals surface area contributed by atoms with E-state index in [0.717, 1.165) is 32.1 Å². The normalized spacial score (nSPS) is 14.5. The number of nitrogens with two attached hydrogens (primary N) is 1. The van der Waals surface area contributed by atoms with Crippen LogP contribution in [-0.4, -0.2) is 44.9 Å². The number of esters is 1. The fourth-order valence-corrected chi connectivity index (χ4v) is 5.13. The molecule has 1 unspecified atom stereocenters. The highest BCUT2D eigenvalue weighted by atomic mass is 16.6. The second kappa shape index (κ2) is 11.7. The van der Waals surface area contributed by atoms with Crippen LogP contribution in [0.4, 0.5) is 0 Å². The molecule has 0 saturated heterocycles. The van der Waals surface area contributed by atoms with E-state index in [2.05, 4.69) is 6.92 Å². The Kier molecular flexibility index (Phi) is 8.29. The molecular weight excluding hydrogens is 518 g/mol. The van der Waals surface area contributed by atoms with E-state index in [4.69, 9.17) is 20.3 Å². The molecule has 10 nitrogen and oxygen atoms in total. The molecule has 210 valence electrons. The number of carboxylic acid groups (broad SMARTS) is 2. The third-order valence-electron chi connectivity index (χ3n) is 7.05. The molecule has 2 aliphatic heterocycles. The number of unbranched alkanes of at least 4 members (excludes halogenated alkanes) is 1. The number of aromatic hydroxyl groups is 2. The van der Waals surface area contributed by atoms with Crippen molar-refractivity contribution in [2.75, 3.05) is 6.54 Å². The van der Waals surface area contributed by atoms with Crippen LogP contribution in [0.3, 0.4) is 0 Å². The lowest BCUT2D eigenvalue weighted by Gasteiger charge is -2.36. The van der Waals surface area contributed by atoms with Crippen molar-refractivity contribution in [2.45, 2.75) is 44.6 Å². The molecule has 5 rings (SSSR count). The molecule has 0 fully saturated rings. The Morgan fingerprint density at radius 1 is 0.900 bits per heavy atom. The zero-order chi connectivity index (χ0) is 29.0. The number of carbonyl (C=O) groups excluding carboxylic acids is 1. The lowest BCUT2D eigenvalue weighted by molar-refractivity contribution is -0.142. The summed E-state index contributed by atoms with van der Waals surface area (Å²) in [5, 5.41) is 38.0. The van der Waals surface area contributed by atoms with Gasteiger partial charge in [-0.2, -0.15) is 0 Å². The van der Waals surface area contributed by atoms with Crippen molar-refractivity contribution in [1.82, 2.24) is 0 Å². The summed E-state index contributed by atoms with van der Waals surface area (Å²) in [5.74, 6) is -2.49. The summed E-state index contributed by atoms with van der Waals surface area (Å²) in [5.41, 5.74) is 4.91. The lowest BCUT2D eigenvalue weighted by Crippen LogP contribution is -2.32. The van der Waals surface area contributed by atoms with Crippen LogP contribution in [-0.2, 0) is 15.1 Å². The molecule has 0 saturated carbocycles. The first kappa shape index (κ1) is 28.4. The maximum atomic E-state index is 12.8. The van der Waals surface area contributed by atoms with Crippen molar-refractivity contribution in [3.05, 3.63) is 82.4 Å². The number of phenols is 2. The first-order valence-electron chi connectivity index (χ1n) is 13.0. The standard InChI is InChI=1S/C21H12O7.C9H19NO2/c22-10-4-6-13-16(8-10)27-17-9-11(23)5-7-14(17)21(13)15-3-1-2-12(19(24)25)18(15)20(26)28-21;1-2-3-5-8(9(11)12)6-4-7-10/h1-9,22-23H,(H,24,25);8H,2-7,10H2,1H3,(H,11,12). The van der Waals surface area contributed by atoms with Gasteiger partial charge >= 0.3 is 17.9 Å². The molecule has 0 aromatic heterocycles. The van der Waals surface area contributed by atoms with E-state index >= 15 is 0 Å². The third-order valence-corrected chi connectivity index (χ3v) is 7.05. The number of hydrogen-bond acceptors (Lipinski definition) is 8. The van der Waals surface area contributed by atoms with Crippen LogP contribution in [0.15, 0.2) is 54.6 Å². The van der Waals surface area contributed by atoms with Gasteiger partial charge in [0.1, 0.15) is 23.0 Å².